The van der Waals surface area contributed by atoms with E-state index in [1.165, 1.54) is 10.9 Å². The number of carboxylic acids is 1. The van der Waals surface area contributed by atoms with Crippen LogP contribution < -0.4 is 4.74 Å². The van der Waals surface area contributed by atoms with Gasteiger partial charge in [0, 0.05) is 0 Å². The molecule has 0 fully saturated rings. The average molecular weight is 233 g/mol. The van der Waals surface area contributed by atoms with Crippen molar-refractivity contribution in [2.24, 2.45) is 0 Å². The van der Waals surface area contributed by atoms with E-state index in [2.05, 4.69) is 10.3 Å². The molecular weight excluding hydrogens is 222 g/mol. The second-order valence-electron chi connectivity index (χ2n) is 3.46. The van der Waals surface area contributed by atoms with Gasteiger partial charge in [0.25, 0.3) is 0 Å². The van der Waals surface area contributed by atoms with E-state index in [0.717, 1.165) is 11.3 Å². The Morgan fingerprint density at radius 1 is 1.53 bits per heavy atom. The van der Waals surface area contributed by atoms with Gasteiger partial charge in [0.2, 0.25) is 0 Å². The standard InChI is InChI=1S/C11H11N3O3/c1-17-9-4-2-3-8(5-9)6-14-7-10(11(15)16)12-13-14/h2-5,7H,6H2,1H3,(H,15,16). The van der Waals surface area contributed by atoms with Crippen molar-refractivity contribution in [3.63, 3.8) is 0 Å². The minimum Gasteiger partial charge on any atom is -0.497 e. The Kier molecular flexibility index (Phi) is 3.04. The fourth-order valence-electron chi connectivity index (χ4n) is 1.43. The highest BCUT2D eigenvalue weighted by Gasteiger charge is 2.08. The van der Waals surface area contributed by atoms with E-state index in [1.807, 2.05) is 24.3 Å². The maximum atomic E-state index is 10.6. The first-order chi connectivity index (χ1) is 8.19. The number of nitrogens with zero attached hydrogens (tertiary/aromatic N) is 3. The van der Waals surface area contributed by atoms with Crippen molar-refractivity contribution < 1.29 is 14.6 Å². The molecule has 0 amide bonds. The molecule has 6 heteroatoms. The zero-order valence-electron chi connectivity index (χ0n) is 9.20. The zero-order chi connectivity index (χ0) is 12.3. The van der Waals surface area contributed by atoms with Crippen LogP contribution >= 0.6 is 0 Å². The summed E-state index contributed by atoms with van der Waals surface area (Å²) in [5, 5.41) is 16.0. The number of carbonyl (C=O) groups is 1. The third kappa shape index (κ3) is 2.60. The van der Waals surface area contributed by atoms with Crippen molar-refractivity contribution in [2.45, 2.75) is 6.54 Å². The van der Waals surface area contributed by atoms with Crippen LogP contribution in [0.3, 0.4) is 0 Å². The first kappa shape index (κ1) is 11.1. The molecule has 0 bridgehead atoms. The lowest BCUT2D eigenvalue weighted by molar-refractivity contribution is 0.0690. The Morgan fingerprint density at radius 2 is 2.35 bits per heavy atom. The summed E-state index contributed by atoms with van der Waals surface area (Å²) in [5.74, 6) is -0.331. The summed E-state index contributed by atoms with van der Waals surface area (Å²) in [5.41, 5.74) is 0.902. The van der Waals surface area contributed by atoms with E-state index in [0.29, 0.717) is 6.54 Å². The number of methoxy groups -OCH3 is 1. The van der Waals surface area contributed by atoms with Crippen LogP contribution in [0.5, 0.6) is 5.75 Å². The summed E-state index contributed by atoms with van der Waals surface area (Å²) in [6.07, 6.45) is 1.39. The van der Waals surface area contributed by atoms with Crippen LogP contribution in [0.15, 0.2) is 30.5 Å². The SMILES string of the molecule is COc1cccc(Cn2cc(C(=O)O)nn2)c1. The van der Waals surface area contributed by atoms with Crippen LogP contribution in [-0.4, -0.2) is 33.2 Å². The van der Waals surface area contributed by atoms with Gasteiger partial charge in [0.15, 0.2) is 5.69 Å². The van der Waals surface area contributed by atoms with E-state index in [1.54, 1.807) is 7.11 Å². The Morgan fingerprint density at radius 3 is 3.00 bits per heavy atom. The topological polar surface area (TPSA) is 77.2 Å². The van der Waals surface area contributed by atoms with Crippen LogP contribution in [0.1, 0.15) is 16.1 Å². The summed E-state index contributed by atoms with van der Waals surface area (Å²) in [4.78, 5) is 10.6. The van der Waals surface area contributed by atoms with E-state index in [9.17, 15) is 4.79 Å². The van der Waals surface area contributed by atoms with Crippen LogP contribution in [0, 0.1) is 0 Å². The van der Waals surface area contributed by atoms with Gasteiger partial charge < -0.3 is 9.84 Å². The summed E-state index contributed by atoms with van der Waals surface area (Å²) >= 11 is 0. The molecule has 0 radical (unpaired) electrons. The Balaban J connectivity index is 2.16. The molecule has 17 heavy (non-hydrogen) atoms. The first-order valence-electron chi connectivity index (χ1n) is 4.95. The molecule has 0 saturated heterocycles. The third-order valence-corrected chi connectivity index (χ3v) is 2.24. The number of aromatic carboxylic acids is 1. The highest BCUT2D eigenvalue weighted by atomic mass is 16.5. The molecule has 0 aliphatic rings. The van der Waals surface area contributed by atoms with Crippen LogP contribution in [0.2, 0.25) is 0 Å². The molecule has 0 aliphatic heterocycles. The highest BCUT2D eigenvalue weighted by Crippen LogP contribution is 2.13. The van der Waals surface area contributed by atoms with Crippen molar-refractivity contribution in [2.75, 3.05) is 7.11 Å². The van der Waals surface area contributed by atoms with Gasteiger partial charge in [-0.1, -0.05) is 17.3 Å². The second kappa shape index (κ2) is 4.65. The summed E-state index contributed by atoms with van der Waals surface area (Å²) in [6.45, 7) is 0.456. The maximum Gasteiger partial charge on any atom is 0.358 e. The summed E-state index contributed by atoms with van der Waals surface area (Å²) in [6, 6.07) is 7.48. The molecule has 1 aromatic heterocycles. The number of aromatic nitrogens is 3. The maximum absolute atomic E-state index is 10.6. The summed E-state index contributed by atoms with van der Waals surface area (Å²) in [7, 11) is 1.59. The predicted molar refractivity (Wildman–Crippen MR) is 59.1 cm³/mol. The van der Waals surface area contributed by atoms with Gasteiger partial charge in [-0.25, -0.2) is 9.48 Å². The van der Waals surface area contributed by atoms with Crippen molar-refractivity contribution in [3.8, 4) is 5.75 Å². The molecule has 0 unspecified atom stereocenters. The van der Waals surface area contributed by atoms with Crippen molar-refractivity contribution in [1.82, 2.24) is 15.0 Å². The van der Waals surface area contributed by atoms with E-state index in [-0.39, 0.29) is 5.69 Å². The fraction of sp³-hybridized carbons (Fsp3) is 0.182. The smallest absolute Gasteiger partial charge is 0.358 e. The zero-order valence-corrected chi connectivity index (χ0v) is 9.20. The normalized spacial score (nSPS) is 10.2. The number of rotatable bonds is 4. The van der Waals surface area contributed by atoms with Crippen LogP contribution in [0.4, 0.5) is 0 Å². The molecular formula is C11H11N3O3. The van der Waals surface area contributed by atoms with Gasteiger partial charge in [-0.3, -0.25) is 0 Å². The minimum atomic E-state index is -1.08. The lowest BCUT2D eigenvalue weighted by Crippen LogP contribution is -2.00. The number of hydrogen-bond acceptors (Lipinski definition) is 4. The van der Waals surface area contributed by atoms with E-state index >= 15 is 0 Å². The molecule has 0 atom stereocenters. The largest absolute Gasteiger partial charge is 0.497 e. The number of benzene rings is 1. The minimum absolute atomic E-state index is 0.0621. The fourth-order valence-corrected chi connectivity index (χ4v) is 1.43. The summed E-state index contributed by atoms with van der Waals surface area (Å²) < 4.78 is 6.57. The monoisotopic (exact) mass is 233 g/mol. The highest BCUT2D eigenvalue weighted by molar-refractivity contribution is 5.84. The van der Waals surface area contributed by atoms with Crippen molar-refractivity contribution in [3.05, 3.63) is 41.7 Å². The van der Waals surface area contributed by atoms with Gasteiger partial charge in [-0.2, -0.15) is 0 Å². The molecule has 0 aliphatic carbocycles. The number of carboxylic acid groups (broad SMARTS) is 1. The first-order valence-corrected chi connectivity index (χ1v) is 4.95. The van der Waals surface area contributed by atoms with Gasteiger partial charge in [-0.15, -0.1) is 5.10 Å². The van der Waals surface area contributed by atoms with E-state index < -0.39 is 5.97 Å². The van der Waals surface area contributed by atoms with Gasteiger partial charge in [0.05, 0.1) is 19.9 Å². The van der Waals surface area contributed by atoms with Crippen LogP contribution in [0.25, 0.3) is 0 Å². The van der Waals surface area contributed by atoms with Gasteiger partial charge in [-0.05, 0) is 17.7 Å². The molecule has 2 rings (SSSR count). The van der Waals surface area contributed by atoms with Gasteiger partial charge in [0.1, 0.15) is 5.75 Å². The second-order valence-corrected chi connectivity index (χ2v) is 3.46. The quantitative estimate of drug-likeness (QED) is 0.853. The average Bonchev–Trinajstić information content (AvgIpc) is 2.78. The Labute approximate surface area is 97.4 Å². The molecule has 0 saturated carbocycles. The Hall–Kier alpha value is -2.37. The van der Waals surface area contributed by atoms with Crippen LogP contribution in [-0.2, 0) is 6.54 Å². The lowest BCUT2D eigenvalue weighted by Gasteiger charge is -2.03. The molecule has 0 spiro atoms. The molecule has 2 aromatic rings. The van der Waals surface area contributed by atoms with Crippen molar-refractivity contribution in [1.29, 1.82) is 0 Å². The predicted octanol–water partition coefficient (Wildman–Crippen LogP) is 1.03. The lowest BCUT2D eigenvalue weighted by atomic mass is 10.2. The molecule has 6 nitrogen and oxygen atoms in total. The van der Waals surface area contributed by atoms with Gasteiger partial charge >= 0.3 is 5.97 Å². The molecule has 88 valence electrons. The Bertz CT molecular complexity index is 536. The number of hydrogen-bond donors (Lipinski definition) is 1. The molecule has 1 aromatic carbocycles. The molecule has 1 heterocycles. The van der Waals surface area contributed by atoms with Crippen molar-refractivity contribution >= 4 is 5.97 Å². The van der Waals surface area contributed by atoms with E-state index in [4.69, 9.17) is 9.84 Å². The third-order valence-electron chi connectivity index (χ3n) is 2.24. The molecule has 1 N–H and O–H groups in total. The number of ether oxygens (including phenoxy) is 1.